The zero-order valence-electron chi connectivity index (χ0n) is 12.6. The number of para-hydroxylation sites is 1. The van der Waals surface area contributed by atoms with E-state index >= 15 is 0 Å². The molecule has 128 valence electrons. The molecule has 6 nitrogen and oxygen atoms in total. The standard InChI is InChI=1S/C16H11F3N4O2/c17-16(18,19)12-7-5-11(6-8-12)9-25-15(24)13-3-1-2-4-14(13)23-10-20-21-22-23/h1-8,10H,9H2. The van der Waals surface area contributed by atoms with Crippen molar-refractivity contribution in [1.82, 2.24) is 20.2 Å². The molecule has 0 unspecified atom stereocenters. The van der Waals surface area contributed by atoms with Gasteiger partial charge in [0.15, 0.2) is 0 Å². The van der Waals surface area contributed by atoms with E-state index in [4.69, 9.17) is 4.74 Å². The quantitative estimate of drug-likeness (QED) is 0.678. The van der Waals surface area contributed by atoms with Crippen molar-refractivity contribution in [2.24, 2.45) is 0 Å². The molecule has 3 rings (SSSR count). The second-order valence-electron chi connectivity index (χ2n) is 5.04. The molecule has 9 heteroatoms. The van der Waals surface area contributed by atoms with Crippen molar-refractivity contribution in [3.05, 3.63) is 71.5 Å². The van der Waals surface area contributed by atoms with Gasteiger partial charge in [-0.15, -0.1) is 5.10 Å². The first-order valence-electron chi connectivity index (χ1n) is 7.11. The number of halogens is 3. The number of hydrogen-bond acceptors (Lipinski definition) is 5. The number of alkyl halides is 3. The normalized spacial score (nSPS) is 11.3. The first-order chi connectivity index (χ1) is 11.9. The molecular weight excluding hydrogens is 337 g/mol. The monoisotopic (exact) mass is 348 g/mol. The summed E-state index contributed by atoms with van der Waals surface area (Å²) in [4.78, 5) is 12.3. The minimum atomic E-state index is -4.40. The highest BCUT2D eigenvalue weighted by molar-refractivity contribution is 5.93. The summed E-state index contributed by atoms with van der Waals surface area (Å²) in [5, 5.41) is 10.7. The summed E-state index contributed by atoms with van der Waals surface area (Å²) in [5.41, 5.74) is 0.361. The zero-order chi connectivity index (χ0) is 17.9. The molecule has 2 aromatic carbocycles. The third kappa shape index (κ3) is 3.82. The number of aromatic nitrogens is 4. The van der Waals surface area contributed by atoms with E-state index < -0.39 is 17.7 Å². The van der Waals surface area contributed by atoms with Gasteiger partial charge >= 0.3 is 12.1 Å². The van der Waals surface area contributed by atoms with Gasteiger partial charge in [0.2, 0.25) is 0 Å². The maximum Gasteiger partial charge on any atom is 0.416 e. The van der Waals surface area contributed by atoms with Crippen molar-refractivity contribution in [2.45, 2.75) is 12.8 Å². The van der Waals surface area contributed by atoms with Crippen LogP contribution in [0, 0.1) is 0 Å². The number of hydrogen-bond donors (Lipinski definition) is 0. The van der Waals surface area contributed by atoms with Crippen LogP contribution in [-0.4, -0.2) is 26.2 Å². The number of nitrogens with zero attached hydrogens (tertiary/aromatic N) is 4. The topological polar surface area (TPSA) is 69.9 Å². The lowest BCUT2D eigenvalue weighted by atomic mass is 10.1. The Bertz CT molecular complexity index is 862. The van der Waals surface area contributed by atoms with Crippen LogP contribution in [0.15, 0.2) is 54.9 Å². The highest BCUT2D eigenvalue weighted by atomic mass is 19.4. The molecular formula is C16H11F3N4O2. The number of rotatable bonds is 4. The van der Waals surface area contributed by atoms with Crippen molar-refractivity contribution < 1.29 is 22.7 Å². The van der Waals surface area contributed by atoms with Gasteiger partial charge in [0, 0.05) is 0 Å². The lowest BCUT2D eigenvalue weighted by Gasteiger charge is -2.10. The fourth-order valence-electron chi connectivity index (χ4n) is 2.13. The summed E-state index contributed by atoms with van der Waals surface area (Å²) in [5.74, 6) is -0.633. The molecule has 0 aliphatic heterocycles. The number of tetrazole rings is 1. The fraction of sp³-hybridized carbons (Fsp3) is 0.125. The van der Waals surface area contributed by atoms with Gasteiger partial charge in [-0.3, -0.25) is 0 Å². The van der Waals surface area contributed by atoms with Gasteiger partial charge in [-0.2, -0.15) is 17.9 Å². The molecule has 0 spiro atoms. The van der Waals surface area contributed by atoms with Gasteiger partial charge in [-0.05, 0) is 40.3 Å². The molecule has 0 fully saturated rings. The Labute approximate surface area is 139 Å². The number of carbonyl (C=O) groups is 1. The molecule has 0 radical (unpaired) electrons. The average Bonchev–Trinajstić information content (AvgIpc) is 3.14. The number of esters is 1. The highest BCUT2D eigenvalue weighted by Gasteiger charge is 2.29. The van der Waals surface area contributed by atoms with Crippen molar-refractivity contribution >= 4 is 5.97 Å². The Morgan fingerprint density at radius 3 is 2.44 bits per heavy atom. The minimum Gasteiger partial charge on any atom is -0.457 e. The highest BCUT2D eigenvalue weighted by Crippen LogP contribution is 2.29. The van der Waals surface area contributed by atoms with E-state index in [0.717, 1.165) is 12.1 Å². The first-order valence-corrected chi connectivity index (χ1v) is 7.11. The average molecular weight is 348 g/mol. The van der Waals surface area contributed by atoms with Crippen molar-refractivity contribution in [3.8, 4) is 5.69 Å². The minimum absolute atomic E-state index is 0.152. The molecule has 25 heavy (non-hydrogen) atoms. The van der Waals surface area contributed by atoms with E-state index in [1.165, 1.54) is 23.1 Å². The fourth-order valence-corrected chi connectivity index (χ4v) is 2.13. The second-order valence-corrected chi connectivity index (χ2v) is 5.04. The Balaban J connectivity index is 1.72. The van der Waals surface area contributed by atoms with Crippen molar-refractivity contribution in [1.29, 1.82) is 0 Å². The number of ether oxygens (including phenoxy) is 1. The zero-order valence-corrected chi connectivity index (χ0v) is 12.6. The van der Waals surface area contributed by atoms with Crippen LogP contribution >= 0.6 is 0 Å². The molecule has 0 saturated heterocycles. The molecule has 0 aliphatic rings. The van der Waals surface area contributed by atoms with Gasteiger partial charge in [-0.25, -0.2) is 4.79 Å². The molecule has 0 saturated carbocycles. The third-order valence-electron chi connectivity index (χ3n) is 3.37. The predicted octanol–water partition coefficient (Wildman–Crippen LogP) is 3.04. The van der Waals surface area contributed by atoms with Gasteiger partial charge in [0.25, 0.3) is 0 Å². The predicted molar refractivity (Wildman–Crippen MR) is 79.7 cm³/mol. The van der Waals surface area contributed by atoms with Crippen LogP contribution in [0.2, 0.25) is 0 Å². The Kier molecular flexibility index (Phi) is 4.46. The summed E-state index contributed by atoms with van der Waals surface area (Å²) in [6.07, 6.45) is -3.07. The smallest absolute Gasteiger partial charge is 0.416 e. The molecule has 1 heterocycles. The molecule has 0 atom stereocenters. The largest absolute Gasteiger partial charge is 0.457 e. The molecule has 0 aliphatic carbocycles. The van der Waals surface area contributed by atoms with E-state index in [2.05, 4.69) is 15.5 Å². The number of carbonyl (C=O) groups excluding carboxylic acids is 1. The van der Waals surface area contributed by atoms with Gasteiger partial charge < -0.3 is 4.74 Å². The van der Waals surface area contributed by atoms with Crippen LogP contribution < -0.4 is 0 Å². The van der Waals surface area contributed by atoms with Crippen LogP contribution in [0.4, 0.5) is 13.2 Å². The second kappa shape index (κ2) is 6.71. The Hall–Kier alpha value is -3.23. The van der Waals surface area contributed by atoms with Gasteiger partial charge in [-0.1, -0.05) is 24.3 Å². The Morgan fingerprint density at radius 2 is 1.80 bits per heavy atom. The molecule has 0 bridgehead atoms. The van der Waals surface area contributed by atoms with Crippen LogP contribution in [0.5, 0.6) is 0 Å². The van der Waals surface area contributed by atoms with Crippen molar-refractivity contribution in [3.63, 3.8) is 0 Å². The maximum absolute atomic E-state index is 12.5. The number of benzene rings is 2. The van der Waals surface area contributed by atoms with Crippen LogP contribution in [0.1, 0.15) is 21.5 Å². The van der Waals surface area contributed by atoms with E-state index in [1.54, 1.807) is 24.3 Å². The van der Waals surface area contributed by atoms with Gasteiger partial charge in [0.1, 0.15) is 12.9 Å². The van der Waals surface area contributed by atoms with E-state index in [9.17, 15) is 18.0 Å². The lowest BCUT2D eigenvalue weighted by molar-refractivity contribution is -0.137. The van der Waals surface area contributed by atoms with E-state index in [-0.39, 0.29) is 12.2 Å². The summed E-state index contributed by atoms with van der Waals surface area (Å²) in [7, 11) is 0. The third-order valence-corrected chi connectivity index (χ3v) is 3.37. The summed E-state index contributed by atoms with van der Waals surface area (Å²) < 4.78 is 44.1. The van der Waals surface area contributed by atoms with Crippen LogP contribution in [0.3, 0.4) is 0 Å². The van der Waals surface area contributed by atoms with Crippen molar-refractivity contribution in [2.75, 3.05) is 0 Å². The van der Waals surface area contributed by atoms with Crippen LogP contribution in [-0.2, 0) is 17.5 Å². The molecule has 0 amide bonds. The molecule has 1 aromatic heterocycles. The van der Waals surface area contributed by atoms with Crippen LogP contribution in [0.25, 0.3) is 5.69 Å². The molecule has 0 N–H and O–H groups in total. The van der Waals surface area contributed by atoms with E-state index in [1.807, 2.05) is 0 Å². The first kappa shape index (κ1) is 16.6. The summed E-state index contributed by atoms with van der Waals surface area (Å²) in [6.45, 7) is -0.152. The molecule has 3 aromatic rings. The summed E-state index contributed by atoms with van der Waals surface area (Å²) in [6, 6.07) is 11.0. The van der Waals surface area contributed by atoms with E-state index in [0.29, 0.717) is 11.3 Å². The van der Waals surface area contributed by atoms with Gasteiger partial charge in [0.05, 0.1) is 16.8 Å². The summed E-state index contributed by atoms with van der Waals surface area (Å²) >= 11 is 0. The Morgan fingerprint density at radius 1 is 1.08 bits per heavy atom. The maximum atomic E-state index is 12.5. The lowest BCUT2D eigenvalue weighted by Crippen LogP contribution is -2.10. The SMILES string of the molecule is O=C(OCc1ccc(C(F)(F)F)cc1)c1ccccc1-n1cnnn1.